The highest BCUT2D eigenvalue weighted by Gasteiger charge is 2.14. The molecule has 0 aliphatic carbocycles. The molecule has 2 aromatic carbocycles. The summed E-state index contributed by atoms with van der Waals surface area (Å²) in [5, 5.41) is 3.23. The van der Waals surface area contributed by atoms with Gasteiger partial charge in [0.05, 0.1) is 0 Å². The molecule has 0 bridgehead atoms. The number of amides is 1. The summed E-state index contributed by atoms with van der Waals surface area (Å²) in [6.45, 7) is -0.993. The highest BCUT2D eigenvalue weighted by Crippen LogP contribution is 2.18. The Morgan fingerprint density at radius 3 is 2.46 bits per heavy atom. The number of halogens is 3. The van der Waals surface area contributed by atoms with Gasteiger partial charge < -0.3 is 14.8 Å². The minimum Gasteiger partial charge on any atom is -0.481 e. The lowest BCUT2D eigenvalue weighted by atomic mass is 10.2. The summed E-state index contributed by atoms with van der Waals surface area (Å²) in [6.07, 6.45) is -0.704. The summed E-state index contributed by atoms with van der Waals surface area (Å²) in [5.74, 6) is 0.263. The molecule has 1 N–H and O–H groups in total. The Hall–Kier alpha value is -2.34. The van der Waals surface area contributed by atoms with Crippen LogP contribution in [0.5, 0.6) is 11.5 Å². The lowest BCUT2D eigenvalue weighted by Gasteiger charge is -2.15. The highest BCUT2D eigenvalue weighted by molar-refractivity contribution is 6.30. The van der Waals surface area contributed by atoms with Crippen molar-refractivity contribution in [2.75, 3.05) is 0 Å². The molecule has 1 amide bonds. The standard InChI is InChI=1S/C17H16ClF2NO3/c1-11(23-15-4-2-3-13(18)9-15)16(22)21-10-12-5-7-14(8-6-12)24-17(19)20/h2-9,11,17H,10H2,1H3,(H,21,22). The first-order valence-electron chi connectivity index (χ1n) is 7.18. The van der Waals surface area contributed by atoms with E-state index in [2.05, 4.69) is 10.1 Å². The van der Waals surface area contributed by atoms with Crippen molar-refractivity contribution < 1.29 is 23.0 Å². The average molecular weight is 356 g/mol. The van der Waals surface area contributed by atoms with Crippen molar-refractivity contribution >= 4 is 17.5 Å². The van der Waals surface area contributed by atoms with Crippen molar-refractivity contribution in [3.05, 3.63) is 59.1 Å². The Bertz CT molecular complexity index is 680. The summed E-state index contributed by atoms with van der Waals surface area (Å²) in [4.78, 5) is 12.0. The van der Waals surface area contributed by atoms with E-state index in [0.717, 1.165) is 5.56 Å². The van der Waals surface area contributed by atoms with Gasteiger partial charge in [0.2, 0.25) is 0 Å². The minimum absolute atomic E-state index is 0.0673. The molecular formula is C17H16ClF2NO3. The Balaban J connectivity index is 1.83. The average Bonchev–Trinajstić information content (AvgIpc) is 2.53. The number of carbonyl (C=O) groups is 1. The number of carbonyl (C=O) groups excluding carboxylic acids is 1. The first kappa shape index (κ1) is 18.0. The first-order valence-corrected chi connectivity index (χ1v) is 7.55. The number of nitrogens with one attached hydrogen (secondary N) is 1. The Kier molecular flexibility index (Phi) is 6.37. The second kappa shape index (κ2) is 8.49. The third-order valence-corrected chi connectivity index (χ3v) is 3.33. The highest BCUT2D eigenvalue weighted by atomic mass is 35.5. The molecule has 0 spiro atoms. The maximum Gasteiger partial charge on any atom is 0.387 e. The van der Waals surface area contributed by atoms with Crippen molar-refractivity contribution in [3.8, 4) is 11.5 Å². The summed E-state index contributed by atoms with van der Waals surface area (Å²) < 4.78 is 33.9. The molecule has 0 heterocycles. The molecule has 0 aliphatic rings. The molecule has 1 unspecified atom stereocenters. The fourth-order valence-corrected chi connectivity index (χ4v) is 2.10. The minimum atomic E-state index is -2.86. The predicted molar refractivity (Wildman–Crippen MR) is 86.5 cm³/mol. The lowest BCUT2D eigenvalue weighted by molar-refractivity contribution is -0.127. The Morgan fingerprint density at radius 2 is 1.83 bits per heavy atom. The maximum absolute atomic E-state index is 12.1. The molecule has 24 heavy (non-hydrogen) atoms. The first-order chi connectivity index (χ1) is 11.4. The van der Waals surface area contributed by atoms with E-state index in [-0.39, 0.29) is 18.2 Å². The van der Waals surface area contributed by atoms with E-state index in [1.807, 2.05) is 0 Å². The maximum atomic E-state index is 12.1. The van der Waals surface area contributed by atoms with Gasteiger partial charge in [-0.05, 0) is 42.8 Å². The Labute approximate surface area is 143 Å². The third-order valence-electron chi connectivity index (χ3n) is 3.09. The molecular weight excluding hydrogens is 340 g/mol. The van der Waals surface area contributed by atoms with Crippen LogP contribution in [0.15, 0.2) is 48.5 Å². The topological polar surface area (TPSA) is 47.6 Å². The van der Waals surface area contributed by atoms with E-state index in [1.54, 1.807) is 43.3 Å². The van der Waals surface area contributed by atoms with Crippen molar-refractivity contribution in [2.45, 2.75) is 26.2 Å². The van der Waals surface area contributed by atoms with Crippen LogP contribution in [-0.4, -0.2) is 18.6 Å². The molecule has 4 nitrogen and oxygen atoms in total. The van der Waals surface area contributed by atoms with E-state index < -0.39 is 12.7 Å². The van der Waals surface area contributed by atoms with Crippen LogP contribution < -0.4 is 14.8 Å². The third kappa shape index (κ3) is 5.70. The monoisotopic (exact) mass is 355 g/mol. The van der Waals surface area contributed by atoms with Crippen LogP contribution in [0.25, 0.3) is 0 Å². The molecule has 0 saturated carbocycles. The predicted octanol–water partition coefficient (Wildman–Crippen LogP) is 4.03. The van der Waals surface area contributed by atoms with Crippen LogP contribution in [0.3, 0.4) is 0 Å². The van der Waals surface area contributed by atoms with Crippen LogP contribution in [0.2, 0.25) is 5.02 Å². The van der Waals surface area contributed by atoms with Crippen LogP contribution >= 0.6 is 11.6 Å². The molecule has 128 valence electrons. The number of hydrogen-bond donors (Lipinski definition) is 1. The van der Waals surface area contributed by atoms with Crippen molar-refractivity contribution in [2.24, 2.45) is 0 Å². The Morgan fingerprint density at radius 1 is 1.12 bits per heavy atom. The molecule has 0 saturated heterocycles. The van der Waals surface area contributed by atoms with E-state index in [9.17, 15) is 13.6 Å². The molecule has 2 rings (SSSR count). The molecule has 0 fully saturated rings. The van der Waals surface area contributed by atoms with Gasteiger partial charge in [0.1, 0.15) is 11.5 Å². The quantitative estimate of drug-likeness (QED) is 0.815. The molecule has 0 aromatic heterocycles. The van der Waals surface area contributed by atoms with Crippen LogP contribution in [0.1, 0.15) is 12.5 Å². The number of benzene rings is 2. The smallest absolute Gasteiger partial charge is 0.387 e. The number of ether oxygens (including phenoxy) is 2. The summed E-state index contributed by atoms with van der Waals surface area (Å²) in [6, 6.07) is 12.8. The van der Waals surface area contributed by atoms with Gasteiger partial charge in [-0.25, -0.2) is 0 Å². The largest absolute Gasteiger partial charge is 0.481 e. The number of alkyl halides is 2. The van der Waals surface area contributed by atoms with E-state index in [4.69, 9.17) is 16.3 Å². The van der Waals surface area contributed by atoms with Crippen LogP contribution in [-0.2, 0) is 11.3 Å². The molecule has 7 heteroatoms. The molecule has 1 atom stereocenters. The van der Waals surface area contributed by atoms with Crippen molar-refractivity contribution in [3.63, 3.8) is 0 Å². The molecule has 0 radical (unpaired) electrons. The van der Waals surface area contributed by atoms with E-state index in [0.29, 0.717) is 10.8 Å². The van der Waals surface area contributed by atoms with Gasteiger partial charge in [-0.2, -0.15) is 8.78 Å². The van der Waals surface area contributed by atoms with Gasteiger partial charge >= 0.3 is 6.61 Å². The van der Waals surface area contributed by atoms with Gasteiger partial charge in [-0.1, -0.05) is 29.8 Å². The van der Waals surface area contributed by atoms with Gasteiger partial charge in [0.15, 0.2) is 6.10 Å². The summed E-state index contributed by atoms with van der Waals surface area (Å²) in [7, 11) is 0. The lowest BCUT2D eigenvalue weighted by Crippen LogP contribution is -2.35. The zero-order valence-electron chi connectivity index (χ0n) is 12.8. The number of hydrogen-bond acceptors (Lipinski definition) is 3. The fourth-order valence-electron chi connectivity index (χ4n) is 1.92. The number of rotatable bonds is 7. The molecule has 2 aromatic rings. The van der Waals surface area contributed by atoms with Gasteiger partial charge in [-0.15, -0.1) is 0 Å². The van der Waals surface area contributed by atoms with Crippen molar-refractivity contribution in [1.29, 1.82) is 0 Å². The van der Waals surface area contributed by atoms with E-state index >= 15 is 0 Å². The van der Waals surface area contributed by atoms with Gasteiger partial charge in [-0.3, -0.25) is 4.79 Å². The molecule has 0 aliphatic heterocycles. The second-order valence-corrected chi connectivity index (χ2v) is 5.39. The van der Waals surface area contributed by atoms with Gasteiger partial charge in [0.25, 0.3) is 5.91 Å². The summed E-state index contributed by atoms with van der Waals surface area (Å²) in [5.41, 5.74) is 0.750. The normalized spacial score (nSPS) is 11.9. The summed E-state index contributed by atoms with van der Waals surface area (Å²) >= 11 is 5.86. The SMILES string of the molecule is CC(Oc1cccc(Cl)c1)C(=O)NCc1ccc(OC(F)F)cc1. The van der Waals surface area contributed by atoms with E-state index in [1.165, 1.54) is 12.1 Å². The van der Waals surface area contributed by atoms with Crippen LogP contribution in [0.4, 0.5) is 8.78 Å². The zero-order chi connectivity index (χ0) is 17.5. The van der Waals surface area contributed by atoms with Crippen molar-refractivity contribution in [1.82, 2.24) is 5.32 Å². The zero-order valence-corrected chi connectivity index (χ0v) is 13.6. The van der Waals surface area contributed by atoms with Crippen LogP contribution in [0, 0.1) is 0 Å². The van der Waals surface area contributed by atoms with Gasteiger partial charge in [0, 0.05) is 11.6 Å². The second-order valence-electron chi connectivity index (χ2n) is 4.96. The fraction of sp³-hybridized carbons (Fsp3) is 0.235.